The summed E-state index contributed by atoms with van der Waals surface area (Å²) in [6, 6.07) is 0.569. The standard InChI is InChI=1S/C12H21N3S/c1-8(2)11-13-14-12(16)15(11)10-6-4-9(3)5-7-10/h8-10H,4-7H2,1-3H3,(H,14,16). The Kier molecular flexibility index (Phi) is 3.47. The van der Waals surface area contributed by atoms with E-state index in [0.717, 1.165) is 16.5 Å². The second-order valence-corrected chi connectivity index (χ2v) is 5.71. The molecular formula is C12H21N3S. The van der Waals surface area contributed by atoms with Crippen LogP contribution < -0.4 is 0 Å². The van der Waals surface area contributed by atoms with Crippen LogP contribution in [0.2, 0.25) is 0 Å². The zero-order chi connectivity index (χ0) is 11.7. The first-order valence-corrected chi connectivity index (χ1v) is 6.67. The first-order chi connectivity index (χ1) is 7.59. The van der Waals surface area contributed by atoms with E-state index in [0.29, 0.717) is 12.0 Å². The predicted octanol–water partition coefficient (Wildman–Crippen LogP) is 3.82. The van der Waals surface area contributed by atoms with Gasteiger partial charge in [-0.3, -0.25) is 5.10 Å². The van der Waals surface area contributed by atoms with Crippen LogP contribution >= 0.6 is 12.2 Å². The molecule has 0 aliphatic heterocycles. The number of aromatic nitrogens is 3. The molecule has 16 heavy (non-hydrogen) atoms. The smallest absolute Gasteiger partial charge is 0.195 e. The molecule has 1 aliphatic carbocycles. The zero-order valence-electron chi connectivity index (χ0n) is 10.4. The Labute approximate surface area is 102 Å². The van der Waals surface area contributed by atoms with Gasteiger partial charge in [0, 0.05) is 12.0 Å². The minimum atomic E-state index is 0.437. The second kappa shape index (κ2) is 4.70. The number of nitrogens with one attached hydrogen (secondary N) is 1. The van der Waals surface area contributed by atoms with Crippen LogP contribution in [0.1, 0.15) is 64.2 Å². The van der Waals surface area contributed by atoms with Gasteiger partial charge in [0.2, 0.25) is 0 Å². The van der Waals surface area contributed by atoms with E-state index in [1.165, 1.54) is 25.7 Å². The van der Waals surface area contributed by atoms with Crippen LogP contribution in [0.4, 0.5) is 0 Å². The maximum atomic E-state index is 5.35. The summed E-state index contributed by atoms with van der Waals surface area (Å²) < 4.78 is 3.05. The maximum absolute atomic E-state index is 5.35. The highest BCUT2D eigenvalue weighted by molar-refractivity contribution is 7.71. The molecule has 0 radical (unpaired) electrons. The third-order valence-corrected chi connectivity index (χ3v) is 3.89. The van der Waals surface area contributed by atoms with Crippen molar-refractivity contribution in [2.75, 3.05) is 0 Å². The van der Waals surface area contributed by atoms with E-state index in [1.807, 2.05) is 0 Å². The maximum Gasteiger partial charge on any atom is 0.195 e. The quantitative estimate of drug-likeness (QED) is 0.796. The Morgan fingerprint density at radius 1 is 1.31 bits per heavy atom. The lowest BCUT2D eigenvalue weighted by molar-refractivity contribution is 0.281. The molecule has 1 saturated carbocycles. The largest absolute Gasteiger partial charge is 0.301 e. The summed E-state index contributed by atoms with van der Waals surface area (Å²) in [6.07, 6.45) is 5.12. The molecule has 0 atom stereocenters. The van der Waals surface area contributed by atoms with Gasteiger partial charge in [0.15, 0.2) is 4.77 Å². The highest BCUT2D eigenvalue weighted by Gasteiger charge is 2.23. The lowest BCUT2D eigenvalue weighted by atomic mass is 9.87. The summed E-state index contributed by atoms with van der Waals surface area (Å²) in [6.45, 7) is 6.69. The van der Waals surface area contributed by atoms with E-state index in [-0.39, 0.29) is 0 Å². The monoisotopic (exact) mass is 239 g/mol. The lowest BCUT2D eigenvalue weighted by Gasteiger charge is -2.28. The SMILES string of the molecule is CC1CCC(n2c(C(C)C)n[nH]c2=S)CC1. The molecule has 0 bridgehead atoms. The molecular weight excluding hydrogens is 218 g/mol. The molecule has 3 nitrogen and oxygen atoms in total. The molecule has 0 amide bonds. The molecule has 0 aromatic carbocycles. The fraction of sp³-hybridized carbons (Fsp3) is 0.833. The fourth-order valence-corrected chi connectivity index (χ4v) is 2.87. The van der Waals surface area contributed by atoms with E-state index in [1.54, 1.807) is 0 Å². The lowest BCUT2D eigenvalue weighted by Crippen LogP contribution is -2.19. The fourth-order valence-electron chi connectivity index (χ4n) is 2.58. The minimum Gasteiger partial charge on any atom is -0.301 e. The highest BCUT2D eigenvalue weighted by Crippen LogP contribution is 2.33. The number of hydrogen-bond acceptors (Lipinski definition) is 2. The summed E-state index contributed by atoms with van der Waals surface area (Å²) in [4.78, 5) is 0. The van der Waals surface area contributed by atoms with Crippen LogP contribution in [0.5, 0.6) is 0 Å². The molecule has 1 fully saturated rings. The molecule has 0 spiro atoms. The first-order valence-electron chi connectivity index (χ1n) is 6.26. The average Bonchev–Trinajstić information content (AvgIpc) is 2.62. The first kappa shape index (κ1) is 11.8. The second-order valence-electron chi connectivity index (χ2n) is 5.33. The van der Waals surface area contributed by atoms with Crippen molar-refractivity contribution in [3.63, 3.8) is 0 Å². The summed E-state index contributed by atoms with van der Waals surface area (Å²) in [7, 11) is 0. The summed E-state index contributed by atoms with van der Waals surface area (Å²) in [5.41, 5.74) is 0. The Hall–Kier alpha value is -0.640. The molecule has 0 unspecified atom stereocenters. The van der Waals surface area contributed by atoms with Crippen LogP contribution in [-0.2, 0) is 0 Å². The topological polar surface area (TPSA) is 33.6 Å². The summed E-state index contributed by atoms with van der Waals surface area (Å²) >= 11 is 5.35. The third kappa shape index (κ3) is 2.21. The van der Waals surface area contributed by atoms with Gasteiger partial charge in [0.25, 0.3) is 0 Å². The Morgan fingerprint density at radius 2 is 1.94 bits per heavy atom. The van der Waals surface area contributed by atoms with E-state index in [4.69, 9.17) is 12.2 Å². The van der Waals surface area contributed by atoms with Crippen LogP contribution in [0.25, 0.3) is 0 Å². The van der Waals surface area contributed by atoms with Gasteiger partial charge in [-0.1, -0.05) is 20.8 Å². The number of aromatic amines is 1. The van der Waals surface area contributed by atoms with Crippen LogP contribution in [0.15, 0.2) is 0 Å². The molecule has 2 rings (SSSR count). The molecule has 1 N–H and O–H groups in total. The number of hydrogen-bond donors (Lipinski definition) is 1. The van der Waals surface area contributed by atoms with Gasteiger partial charge >= 0.3 is 0 Å². The number of H-pyrrole nitrogens is 1. The molecule has 1 aromatic heterocycles. The zero-order valence-corrected chi connectivity index (χ0v) is 11.2. The average molecular weight is 239 g/mol. The van der Waals surface area contributed by atoms with Crippen LogP contribution in [0, 0.1) is 10.7 Å². The van der Waals surface area contributed by atoms with Crippen molar-refractivity contribution in [1.29, 1.82) is 0 Å². The summed E-state index contributed by atoms with van der Waals surface area (Å²) in [5.74, 6) is 2.43. The minimum absolute atomic E-state index is 0.437. The molecule has 1 heterocycles. The highest BCUT2D eigenvalue weighted by atomic mass is 32.1. The Balaban J connectivity index is 2.26. The van der Waals surface area contributed by atoms with Crippen molar-refractivity contribution in [3.8, 4) is 0 Å². The van der Waals surface area contributed by atoms with Crippen LogP contribution in [0.3, 0.4) is 0 Å². The van der Waals surface area contributed by atoms with E-state index in [2.05, 4.69) is 35.5 Å². The Bertz CT molecular complexity index is 397. The summed E-state index contributed by atoms with van der Waals surface area (Å²) in [5, 5.41) is 7.30. The van der Waals surface area contributed by atoms with Crippen molar-refractivity contribution >= 4 is 12.2 Å². The van der Waals surface area contributed by atoms with Crippen molar-refractivity contribution in [2.24, 2.45) is 5.92 Å². The molecule has 1 aromatic rings. The van der Waals surface area contributed by atoms with Gasteiger partial charge in [-0.2, -0.15) is 5.10 Å². The van der Waals surface area contributed by atoms with Crippen molar-refractivity contribution < 1.29 is 0 Å². The van der Waals surface area contributed by atoms with E-state index < -0.39 is 0 Å². The van der Waals surface area contributed by atoms with Gasteiger partial charge in [0.05, 0.1) is 0 Å². The molecule has 4 heteroatoms. The van der Waals surface area contributed by atoms with Gasteiger partial charge in [-0.05, 0) is 43.8 Å². The number of nitrogens with zero attached hydrogens (tertiary/aromatic N) is 2. The van der Waals surface area contributed by atoms with Gasteiger partial charge < -0.3 is 4.57 Å². The molecule has 90 valence electrons. The normalized spacial score (nSPS) is 26.2. The van der Waals surface area contributed by atoms with Crippen molar-refractivity contribution in [2.45, 2.75) is 58.4 Å². The van der Waals surface area contributed by atoms with E-state index in [9.17, 15) is 0 Å². The van der Waals surface area contributed by atoms with Gasteiger partial charge in [-0.25, -0.2) is 0 Å². The van der Waals surface area contributed by atoms with Crippen molar-refractivity contribution in [3.05, 3.63) is 10.6 Å². The Morgan fingerprint density at radius 3 is 2.50 bits per heavy atom. The van der Waals surface area contributed by atoms with E-state index >= 15 is 0 Å². The van der Waals surface area contributed by atoms with Crippen molar-refractivity contribution in [1.82, 2.24) is 14.8 Å². The molecule has 0 saturated heterocycles. The van der Waals surface area contributed by atoms with Gasteiger partial charge in [0.1, 0.15) is 5.82 Å². The third-order valence-electron chi connectivity index (χ3n) is 3.60. The number of rotatable bonds is 2. The van der Waals surface area contributed by atoms with Gasteiger partial charge in [-0.15, -0.1) is 0 Å². The molecule has 1 aliphatic rings. The predicted molar refractivity (Wildman–Crippen MR) is 68.2 cm³/mol. The van der Waals surface area contributed by atoms with Crippen LogP contribution in [-0.4, -0.2) is 14.8 Å².